The molecule has 0 aromatic heterocycles. The summed E-state index contributed by atoms with van der Waals surface area (Å²) >= 11 is 0. The van der Waals surface area contributed by atoms with Crippen LogP contribution in [-0.2, 0) is 9.59 Å². The summed E-state index contributed by atoms with van der Waals surface area (Å²) in [6.07, 6.45) is 7.69. The third-order valence-corrected chi connectivity index (χ3v) is 3.27. The summed E-state index contributed by atoms with van der Waals surface area (Å²) in [5.41, 5.74) is 0. The molecule has 98 valence electrons. The standard InChI is InChI=1S/C13H23NO3/c1-2-3-4-5-6-7-8-14-12(15)10-9-11(10)13(16)17/h10-11H,2-9H2,1H3,(H,14,15)(H,16,17). The van der Waals surface area contributed by atoms with Gasteiger partial charge in [0.15, 0.2) is 0 Å². The van der Waals surface area contributed by atoms with Gasteiger partial charge >= 0.3 is 5.97 Å². The average molecular weight is 241 g/mol. The largest absolute Gasteiger partial charge is 0.481 e. The number of aliphatic carboxylic acids is 1. The van der Waals surface area contributed by atoms with Gasteiger partial charge in [0.05, 0.1) is 11.8 Å². The van der Waals surface area contributed by atoms with Crippen LogP contribution in [0, 0.1) is 11.8 Å². The Hall–Kier alpha value is -1.06. The number of nitrogens with one attached hydrogen (secondary N) is 1. The molecule has 2 N–H and O–H groups in total. The van der Waals surface area contributed by atoms with E-state index in [1.165, 1.54) is 25.7 Å². The molecule has 1 fully saturated rings. The maximum Gasteiger partial charge on any atom is 0.307 e. The van der Waals surface area contributed by atoms with Gasteiger partial charge < -0.3 is 10.4 Å². The molecular formula is C13H23NO3. The molecule has 0 heterocycles. The monoisotopic (exact) mass is 241 g/mol. The average Bonchev–Trinajstić information content (AvgIpc) is 3.07. The van der Waals surface area contributed by atoms with E-state index in [-0.39, 0.29) is 11.8 Å². The molecule has 17 heavy (non-hydrogen) atoms. The third kappa shape index (κ3) is 5.20. The minimum atomic E-state index is -0.843. The summed E-state index contributed by atoms with van der Waals surface area (Å²) < 4.78 is 0. The van der Waals surface area contributed by atoms with Gasteiger partial charge in [-0.2, -0.15) is 0 Å². The zero-order chi connectivity index (χ0) is 12.7. The van der Waals surface area contributed by atoms with Crippen LogP contribution in [0.25, 0.3) is 0 Å². The Labute approximate surface area is 103 Å². The number of hydrogen-bond donors (Lipinski definition) is 2. The van der Waals surface area contributed by atoms with Crippen LogP contribution in [0.3, 0.4) is 0 Å². The second kappa shape index (κ2) is 7.30. The van der Waals surface area contributed by atoms with Crippen LogP contribution in [0.15, 0.2) is 0 Å². The number of carboxylic acid groups (broad SMARTS) is 1. The fraction of sp³-hybridized carbons (Fsp3) is 0.846. The van der Waals surface area contributed by atoms with Gasteiger partial charge in [0.25, 0.3) is 0 Å². The number of amides is 1. The molecule has 0 radical (unpaired) electrons. The van der Waals surface area contributed by atoms with E-state index in [0.717, 1.165) is 12.8 Å². The SMILES string of the molecule is CCCCCCCCNC(=O)C1CC1C(=O)O. The summed E-state index contributed by atoms with van der Waals surface area (Å²) in [4.78, 5) is 22.1. The Morgan fingerprint density at radius 3 is 2.35 bits per heavy atom. The number of unbranched alkanes of at least 4 members (excludes halogenated alkanes) is 5. The molecule has 0 bridgehead atoms. The topological polar surface area (TPSA) is 66.4 Å². The molecule has 0 aliphatic heterocycles. The highest BCUT2D eigenvalue weighted by Crippen LogP contribution is 2.38. The van der Waals surface area contributed by atoms with Crippen LogP contribution in [0.4, 0.5) is 0 Å². The number of carboxylic acids is 1. The molecule has 1 aliphatic rings. The smallest absolute Gasteiger partial charge is 0.307 e. The van der Waals surface area contributed by atoms with Gasteiger partial charge in [-0.25, -0.2) is 0 Å². The van der Waals surface area contributed by atoms with Crippen LogP contribution in [0.1, 0.15) is 51.9 Å². The van der Waals surface area contributed by atoms with Crippen molar-refractivity contribution in [2.75, 3.05) is 6.54 Å². The first kappa shape index (κ1) is 14.0. The highest BCUT2D eigenvalue weighted by Gasteiger charge is 2.48. The predicted octanol–water partition coefficient (Wildman–Crippen LogP) is 2.18. The molecule has 1 saturated carbocycles. The van der Waals surface area contributed by atoms with Crippen LogP contribution in [-0.4, -0.2) is 23.5 Å². The highest BCUT2D eigenvalue weighted by atomic mass is 16.4. The number of hydrogen-bond acceptors (Lipinski definition) is 2. The first-order valence-corrected chi connectivity index (χ1v) is 6.67. The Bertz CT molecular complexity index is 265. The van der Waals surface area contributed by atoms with E-state index in [9.17, 15) is 9.59 Å². The van der Waals surface area contributed by atoms with Crippen molar-refractivity contribution in [3.63, 3.8) is 0 Å². The maximum atomic E-state index is 11.5. The highest BCUT2D eigenvalue weighted by molar-refractivity contribution is 5.89. The van der Waals surface area contributed by atoms with Gasteiger partial charge in [0.1, 0.15) is 0 Å². The van der Waals surface area contributed by atoms with Crippen LogP contribution in [0.5, 0.6) is 0 Å². The fourth-order valence-corrected chi connectivity index (χ4v) is 2.01. The van der Waals surface area contributed by atoms with Crippen molar-refractivity contribution in [3.05, 3.63) is 0 Å². The lowest BCUT2D eigenvalue weighted by molar-refractivity contribution is -0.140. The molecule has 2 atom stereocenters. The number of rotatable bonds is 9. The summed E-state index contributed by atoms with van der Waals surface area (Å²) in [5.74, 6) is -1.62. The molecule has 0 aromatic carbocycles. The molecule has 4 nitrogen and oxygen atoms in total. The Kier molecular flexibility index (Phi) is 6.01. The summed E-state index contributed by atoms with van der Waals surface area (Å²) in [7, 11) is 0. The lowest BCUT2D eigenvalue weighted by atomic mass is 10.1. The maximum absolute atomic E-state index is 11.5. The van der Waals surface area contributed by atoms with Gasteiger partial charge in [-0.1, -0.05) is 39.0 Å². The number of carbonyl (C=O) groups excluding carboxylic acids is 1. The Balaban J connectivity index is 1.93. The van der Waals surface area contributed by atoms with Gasteiger partial charge in [-0.05, 0) is 12.8 Å². The molecule has 2 unspecified atom stereocenters. The van der Waals surface area contributed by atoms with E-state index < -0.39 is 11.9 Å². The fourth-order valence-electron chi connectivity index (χ4n) is 2.01. The molecule has 0 spiro atoms. The molecule has 1 aliphatic carbocycles. The lowest BCUT2D eigenvalue weighted by Crippen LogP contribution is -2.27. The van der Waals surface area contributed by atoms with E-state index in [1.807, 2.05) is 0 Å². The van der Waals surface area contributed by atoms with E-state index in [1.54, 1.807) is 0 Å². The minimum Gasteiger partial charge on any atom is -0.481 e. The van der Waals surface area contributed by atoms with Gasteiger partial charge in [-0.15, -0.1) is 0 Å². The molecule has 0 saturated heterocycles. The lowest BCUT2D eigenvalue weighted by Gasteiger charge is -2.04. The van der Waals surface area contributed by atoms with Gasteiger partial charge in [-0.3, -0.25) is 9.59 Å². The summed E-state index contributed by atoms with van der Waals surface area (Å²) in [5, 5.41) is 11.5. The van der Waals surface area contributed by atoms with E-state index in [2.05, 4.69) is 12.2 Å². The van der Waals surface area contributed by atoms with Crippen molar-refractivity contribution in [2.24, 2.45) is 11.8 Å². The second-order valence-electron chi connectivity index (χ2n) is 4.85. The third-order valence-electron chi connectivity index (χ3n) is 3.27. The predicted molar refractivity (Wildman–Crippen MR) is 65.6 cm³/mol. The van der Waals surface area contributed by atoms with Crippen molar-refractivity contribution in [1.29, 1.82) is 0 Å². The molecule has 1 amide bonds. The minimum absolute atomic E-state index is 0.0778. The Morgan fingerprint density at radius 2 is 1.76 bits per heavy atom. The van der Waals surface area contributed by atoms with Crippen molar-refractivity contribution in [1.82, 2.24) is 5.32 Å². The van der Waals surface area contributed by atoms with Crippen molar-refractivity contribution >= 4 is 11.9 Å². The van der Waals surface area contributed by atoms with Gasteiger partial charge in [0.2, 0.25) is 5.91 Å². The van der Waals surface area contributed by atoms with Crippen LogP contribution >= 0.6 is 0 Å². The van der Waals surface area contributed by atoms with E-state index in [4.69, 9.17) is 5.11 Å². The van der Waals surface area contributed by atoms with E-state index >= 15 is 0 Å². The first-order valence-electron chi connectivity index (χ1n) is 6.67. The zero-order valence-electron chi connectivity index (χ0n) is 10.6. The van der Waals surface area contributed by atoms with Gasteiger partial charge in [0, 0.05) is 6.54 Å². The summed E-state index contributed by atoms with van der Waals surface area (Å²) in [6.45, 7) is 2.88. The van der Waals surface area contributed by atoms with Crippen molar-refractivity contribution in [3.8, 4) is 0 Å². The molecule has 0 aromatic rings. The zero-order valence-corrected chi connectivity index (χ0v) is 10.6. The summed E-state index contributed by atoms with van der Waals surface area (Å²) in [6, 6.07) is 0. The van der Waals surface area contributed by atoms with Crippen LogP contribution in [0.2, 0.25) is 0 Å². The van der Waals surface area contributed by atoms with Crippen molar-refractivity contribution in [2.45, 2.75) is 51.9 Å². The van der Waals surface area contributed by atoms with Crippen molar-refractivity contribution < 1.29 is 14.7 Å². The Morgan fingerprint density at radius 1 is 1.12 bits per heavy atom. The first-order chi connectivity index (χ1) is 8.16. The van der Waals surface area contributed by atoms with Crippen LogP contribution < -0.4 is 5.32 Å². The normalized spacial score (nSPS) is 22.2. The molecule has 1 rings (SSSR count). The quantitative estimate of drug-likeness (QED) is 0.608. The van der Waals surface area contributed by atoms with E-state index in [0.29, 0.717) is 13.0 Å². The molecular weight excluding hydrogens is 218 g/mol. The number of carbonyl (C=O) groups is 2. The second-order valence-corrected chi connectivity index (χ2v) is 4.85. The molecule has 4 heteroatoms.